The van der Waals surface area contributed by atoms with E-state index in [4.69, 9.17) is 5.73 Å². The fourth-order valence-electron chi connectivity index (χ4n) is 0.948. The lowest BCUT2D eigenvalue weighted by molar-refractivity contribution is -0.141. The first-order chi connectivity index (χ1) is 6.95. The molecular formula is C8H7F3N2OS. The molecule has 0 spiro atoms. The first-order valence-corrected chi connectivity index (χ1v) is 4.66. The van der Waals surface area contributed by atoms with Gasteiger partial charge in [0, 0.05) is 11.6 Å². The van der Waals surface area contributed by atoms with E-state index in [1.54, 1.807) is 0 Å². The second-order valence-corrected chi connectivity index (χ2v) is 3.19. The van der Waals surface area contributed by atoms with Gasteiger partial charge < -0.3 is 5.73 Å². The van der Waals surface area contributed by atoms with Crippen LogP contribution in [0.15, 0.2) is 18.3 Å². The molecule has 0 aliphatic carbocycles. The van der Waals surface area contributed by atoms with E-state index in [1.807, 2.05) is 0 Å². The maximum absolute atomic E-state index is 12.2. The molecule has 1 heterocycles. The third kappa shape index (κ3) is 3.14. The quantitative estimate of drug-likeness (QED) is 0.783. The summed E-state index contributed by atoms with van der Waals surface area (Å²) in [6.45, 7) is 0. The van der Waals surface area contributed by atoms with E-state index >= 15 is 0 Å². The Kier molecular flexibility index (Phi) is 3.59. The lowest BCUT2D eigenvalue weighted by atomic mass is 10.1. The molecule has 0 bridgehead atoms. The number of halogens is 3. The number of aromatic nitrogens is 1. The maximum atomic E-state index is 12.2. The van der Waals surface area contributed by atoms with Gasteiger partial charge in [-0.3, -0.25) is 4.98 Å². The molecule has 0 aromatic carbocycles. The van der Waals surface area contributed by atoms with Crippen molar-refractivity contribution >= 4 is 16.6 Å². The fraction of sp³-hybridized carbons (Fsp3) is 0.250. The number of hydrogen-bond donors (Lipinski definition) is 1. The van der Waals surface area contributed by atoms with Crippen LogP contribution in [0.4, 0.5) is 13.2 Å². The Morgan fingerprint density at radius 1 is 1.53 bits per heavy atom. The molecule has 1 atom stereocenters. The smallest absolute Gasteiger partial charge is 0.320 e. The molecule has 0 aliphatic heterocycles. The van der Waals surface area contributed by atoms with Crippen LogP contribution in [-0.2, 0) is 17.4 Å². The molecule has 0 aliphatic rings. The van der Waals surface area contributed by atoms with Crippen molar-refractivity contribution in [3.05, 3.63) is 29.6 Å². The number of nitrogens with zero attached hydrogens (tertiary/aromatic N) is 1. The van der Waals surface area contributed by atoms with Crippen molar-refractivity contribution in [2.75, 3.05) is 0 Å². The molecule has 7 heteroatoms. The predicted octanol–water partition coefficient (Wildman–Crippen LogP) is 1.12. The lowest BCUT2D eigenvalue weighted by Crippen LogP contribution is -2.14. The van der Waals surface area contributed by atoms with Crippen LogP contribution in [0.1, 0.15) is 17.3 Å². The van der Waals surface area contributed by atoms with E-state index in [1.165, 1.54) is 6.07 Å². The summed E-state index contributed by atoms with van der Waals surface area (Å²) in [5.74, 6) is 0. The summed E-state index contributed by atoms with van der Waals surface area (Å²) in [5.41, 5.74) is 4.64. The minimum atomic E-state index is -4.50. The van der Waals surface area contributed by atoms with Gasteiger partial charge in [-0.1, -0.05) is 0 Å². The number of rotatable bonds is 2. The summed E-state index contributed by atoms with van der Waals surface area (Å²) in [4.78, 5) is 3.17. The lowest BCUT2D eigenvalue weighted by Gasteiger charge is -2.09. The van der Waals surface area contributed by atoms with E-state index in [0.717, 1.165) is 17.6 Å². The van der Waals surface area contributed by atoms with Crippen LogP contribution in [0.2, 0.25) is 0 Å². The fourth-order valence-corrected chi connectivity index (χ4v) is 1.22. The highest BCUT2D eigenvalue weighted by Crippen LogP contribution is 2.28. The highest BCUT2D eigenvalue weighted by molar-refractivity contribution is 7.64. The number of pyridine rings is 1. The summed E-state index contributed by atoms with van der Waals surface area (Å²) < 4.78 is 46.8. The van der Waals surface area contributed by atoms with Crippen LogP contribution < -0.4 is 5.73 Å². The summed E-state index contributed by atoms with van der Waals surface area (Å²) in [6, 6.07) is 1.35. The molecule has 1 aromatic rings. The van der Waals surface area contributed by atoms with Crippen LogP contribution >= 0.6 is 0 Å². The Labute approximate surface area is 87.2 Å². The predicted molar refractivity (Wildman–Crippen MR) is 50.4 cm³/mol. The topological polar surface area (TPSA) is 56.0 Å². The molecule has 1 aromatic heterocycles. The monoisotopic (exact) mass is 236 g/mol. The molecule has 82 valence electrons. The number of hydrogen-bond acceptors (Lipinski definition) is 3. The molecule has 0 saturated carbocycles. The molecule has 2 N–H and O–H groups in total. The number of nitrogens with two attached hydrogens (primary N) is 1. The molecule has 0 fully saturated rings. The van der Waals surface area contributed by atoms with E-state index in [9.17, 15) is 17.4 Å². The van der Waals surface area contributed by atoms with E-state index in [-0.39, 0.29) is 16.8 Å². The second-order valence-electron chi connectivity index (χ2n) is 2.73. The van der Waals surface area contributed by atoms with Gasteiger partial charge in [-0.2, -0.15) is 13.2 Å². The van der Waals surface area contributed by atoms with Gasteiger partial charge in [0.15, 0.2) is 0 Å². The van der Waals surface area contributed by atoms with Crippen molar-refractivity contribution in [3.8, 4) is 0 Å². The highest BCUT2D eigenvalue weighted by atomic mass is 32.1. The SMILES string of the molecule is N[C@H](C=S=O)c1ccnc(C(F)(F)F)c1. The van der Waals surface area contributed by atoms with E-state index in [0.29, 0.717) is 0 Å². The van der Waals surface area contributed by atoms with Crippen molar-refractivity contribution in [1.82, 2.24) is 4.98 Å². The first kappa shape index (κ1) is 11.9. The standard InChI is InChI=1S/C8H7F3N2OS/c9-8(10,11)7-3-5(1-2-13-7)6(12)4-15-14/h1-4,6H,12H2/t6-/m1/s1. The molecule has 3 nitrogen and oxygen atoms in total. The van der Waals surface area contributed by atoms with Crippen molar-refractivity contribution in [3.63, 3.8) is 0 Å². The van der Waals surface area contributed by atoms with Gasteiger partial charge in [-0.25, -0.2) is 4.21 Å². The van der Waals surface area contributed by atoms with Gasteiger partial charge in [-0.05, 0) is 17.7 Å². The Bertz CT molecular complexity index is 401. The summed E-state index contributed by atoms with van der Waals surface area (Å²) in [5, 5.41) is 1.11. The van der Waals surface area contributed by atoms with Gasteiger partial charge in [0.1, 0.15) is 5.69 Å². The normalized spacial score (nSPS) is 13.3. The van der Waals surface area contributed by atoms with Crippen molar-refractivity contribution < 1.29 is 17.4 Å². The molecular weight excluding hydrogens is 229 g/mol. The van der Waals surface area contributed by atoms with Crippen LogP contribution in [0.5, 0.6) is 0 Å². The summed E-state index contributed by atoms with van der Waals surface area (Å²) >= 11 is 0.116. The van der Waals surface area contributed by atoms with E-state index in [2.05, 4.69) is 4.98 Å². The molecule has 0 radical (unpaired) electrons. The van der Waals surface area contributed by atoms with Gasteiger partial charge in [0.2, 0.25) is 0 Å². The zero-order chi connectivity index (χ0) is 11.5. The zero-order valence-corrected chi connectivity index (χ0v) is 8.18. The molecule has 15 heavy (non-hydrogen) atoms. The van der Waals surface area contributed by atoms with Crippen LogP contribution in [-0.4, -0.2) is 14.6 Å². The van der Waals surface area contributed by atoms with Gasteiger partial charge in [0.25, 0.3) is 0 Å². The van der Waals surface area contributed by atoms with Crippen LogP contribution in [0.3, 0.4) is 0 Å². The van der Waals surface area contributed by atoms with E-state index < -0.39 is 17.9 Å². The minimum absolute atomic E-state index is 0.116. The molecule has 0 saturated heterocycles. The Balaban J connectivity index is 3.08. The third-order valence-electron chi connectivity index (χ3n) is 1.66. The second kappa shape index (κ2) is 4.54. The van der Waals surface area contributed by atoms with Crippen LogP contribution in [0, 0.1) is 0 Å². The highest BCUT2D eigenvalue weighted by Gasteiger charge is 2.32. The van der Waals surface area contributed by atoms with Crippen molar-refractivity contribution in [2.45, 2.75) is 12.2 Å². The average Bonchev–Trinajstić information content (AvgIpc) is 2.17. The van der Waals surface area contributed by atoms with Crippen molar-refractivity contribution in [1.29, 1.82) is 0 Å². The Morgan fingerprint density at radius 3 is 2.73 bits per heavy atom. The zero-order valence-electron chi connectivity index (χ0n) is 7.36. The number of alkyl halides is 3. The van der Waals surface area contributed by atoms with Crippen LogP contribution in [0.25, 0.3) is 0 Å². The summed E-state index contributed by atoms with van der Waals surface area (Å²) in [6.07, 6.45) is -3.48. The average molecular weight is 236 g/mol. The summed E-state index contributed by atoms with van der Waals surface area (Å²) in [7, 11) is 0. The maximum Gasteiger partial charge on any atom is 0.433 e. The molecule has 0 unspecified atom stereocenters. The minimum Gasteiger partial charge on any atom is -0.320 e. The third-order valence-corrected chi connectivity index (χ3v) is 2.07. The van der Waals surface area contributed by atoms with Gasteiger partial charge in [-0.15, -0.1) is 0 Å². The Hall–Kier alpha value is -1.21. The van der Waals surface area contributed by atoms with Gasteiger partial charge >= 0.3 is 6.18 Å². The molecule has 0 amide bonds. The first-order valence-electron chi connectivity index (χ1n) is 3.86. The van der Waals surface area contributed by atoms with Gasteiger partial charge in [0.05, 0.1) is 17.3 Å². The largest absolute Gasteiger partial charge is 0.433 e. The van der Waals surface area contributed by atoms with Crippen molar-refractivity contribution in [2.24, 2.45) is 5.73 Å². The molecule has 1 rings (SSSR count). The Morgan fingerprint density at radius 2 is 2.20 bits per heavy atom.